The second-order valence-electron chi connectivity index (χ2n) is 8.03. The van der Waals surface area contributed by atoms with Crippen molar-refractivity contribution in [2.75, 3.05) is 43.0 Å². The van der Waals surface area contributed by atoms with Crippen LogP contribution in [0.3, 0.4) is 0 Å². The Morgan fingerprint density at radius 3 is 2.34 bits per heavy atom. The third kappa shape index (κ3) is 3.91. The number of hydrogen-bond donors (Lipinski definition) is 0. The first-order valence-electron chi connectivity index (χ1n) is 10.5. The molecule has 2 saturated heterocycles. The van der Waals surface area contributed by atoms with Crippen LogP contribution in [-0.2, 0) is 21.4 Å². The van der Waals surface area contributed by atoms with Gasteiger partial charge in [-0.3, -0.25) is 14.5 Å². The second kappa shape index (κ2) is 8.10. The summed E-state index contributed by atoms with van der Waals surface area (Å²) < 4.78 is 35.7. The fraction of sp³-hybridized carbons (Fsp3) is 0.364. The lowest BCUT2D eigenvalue weighted by molar-refractivity contribution is -0.116. The third-order valence-corrected chi connectivity index (χ3v) is 7.62. The smallest absolute Gasteiger partial charge is 0.253 e. The van der Waals surface area contributed by atoms with Crippen LogP contribution in [0.15, 0.2) is 42.5 Å². The van der Waals surface area contributed by atoms with Crippen molar-refractivity contribution >= 4 is 27.5 Å². The first-order valence-corrected chi connectivity index (χ1v) is 12.1. The van der Waals surface area contributed by atoms with Gasteiger partial charge < -0.3 is 14.4 Å². The average molecular weight is 458 g/mol. The quantitative estimate of drug-likeness (QED) is 0.685. The van der Waals surface area contributed by atoms with Crippen molar-refractivity contribution in [3.63, 3.8) is 0 Å². The van der Waals surface area contributed by atoms with Gasteiger partial charge in [-0.05, 0) is 42.0 Å². The highest BCUT2D eigenvalue weighted by Crippen LogP contribution is 2.33. The topological polar surface area (TPSA) is 96.5 Å². The summed E-state index contributed by atoms with van der Waals surface area (Å²) >= 11 is 0. The van der Waals surface area contributed by atoms with Crippen LogP contribution in [0, 0.1) is 0 Å². The minimum Gasteiger partial charge on any atom is -0.454 e. The first-order chi connectivity index (χ1) is 15.4. The van der Waals surface area contributed by atoms with Crippen LogP contribution in [0.4, 0.5) is 5.69 Å². The zero-order valence-corrected chi connectivity index (χ0v) is 18.2. The van der Waals surface area contributed by atoms with Gasteiger partial charge in [-0.2, -0.15) is 0 Å². The second-order valence-corrected chi connectivity index (χ2v) is 9.96. The van der Waals surface area contributed by atoms with E-state index in [0.29, 0.717) is 18.7 Å². The fourth-order valence-corrected chi connectivity index (χ4v) is 5.66. The molecule has 0 unspecified atom stereocenters. The SMILES string of the molecule is O=C(c1ccc(N2C(=O)CCS2(=O)=O)cc1)N1CCN(Cc2ccc3c(c2)OCO3)CC1. The summed E-state index contributed by atoms with van der Waals surface area (Å²) in [6, 6.07) is 12.1. The molecule has 3 aliphatic heterocycles. The summed E-state index contributed by atoms with van der Waals surface area (Å²) in [7, 11) is -3.61. The summed E-state index contributed by atoms with van der Waals surface area (Å²) in [5.41, 5.74) is 1.88. The molecule has 2 aromatic carbocycles. The number of fused-ring (bicyclic) bond motifs is 1. The van der Waals surface area contributed by atoms with E-state index in [1.54, 1.807) is 17.0 Å². The number of sulfonamides is 1. The Hall–Kier alpha value is -3.11. The van der Waals surface area contributed by atoms with E-state index in [0.717, 1.165) is 41.0 Å². The van der Waals surface area contributed by atoms with E-state index in [2.05, 4.69) is 4.90 Å². The number of amides is 2. The van der Waals surface area contributed by atoms with Crippen LogP contribution >= 0.6 is 0 Å². The standard InChI is InChI=1S/C22H23N3O6S/c26-21-7-12-32(28,29)25(21)18-4-2-17(3-5-18)22(27)24-10-8-23(9-11-24)14-16-1-6-19-20(13-16)31-15-30-19/h1-6,13H,7-12,14-15H2. The molecule has 9 nitrogen and oxygen atoms in total. The number of rotatable bonds is 4. The molecule has 2 fully saturated rings. The van der Waals surface area contributed by atoms with Gasteiger partial charge in [0, 0.05) is 44.7 Å². The Kier molecular flexibility index (Phi) is 5.26. The highest BCUT2D eigenvalue weighted by molar-refractivity contribution is 7.94. The predicted molar refractivity (Wildman–Crippen MR) is 116 cm³/mol. The molecule has 0 spiro atoms. The maximum atomic E-state index is 12.9. The molecule has 3 heterocycles. The van der Waals surface area contributed by atoms with Gasteiger partial charge in [0.15, 0.2) is 11.5 Å². The lowest BCUT2D eigenvalue weighted by Crippen LogP contribution is -2.48. The third-order valence-electron chi connectivity index (χ3n) is 5.93. The van der Waals surface area contributed by atoms with Gasteiger partial charge in [-0.15, -0.1) is 0 Å². The Bertz CT molecular complexity index is 1160. The molecule has 0 bridgehead atoms. The number of carbonyl (C=O) groups is 2. The minimum atomic E-state index is -3.61. The van der Waals surface area contributed by atoms with Crippen molar-refractivity contribution in [3.8, 4) is 11.5 Å². The number of nitrogens with zero attached hydrogens (tertiary/aromatic N) is 3. The number of benzene rings is 2. The number of anilines is 1. The maximum Gasteiger partial charge on any atom is 0.253 e. The van der Waals surface area contributed by atoms with Crippen molar-refractivity contribution in [2.24, 2.45) is 0 Å². The summed E-state index contributed by atoms with van der Waals surface area (Å²) in [4.78, 5) is 28.9. The van der Waals surface area contributed by atoms with Crippen LogP contribution in [-0.4, -0.2) is 68.8 Å². The fourth-order valence-electron chi connectivity index (χ4n) is 4.20. The molecule has 5 rings (SSSR count). The normalized spacial score (nSPS) is 20.1. The summed E-state index contributed by atoms with van der Waals surface area (Å²) in [5, 5.41) is 0. The molecule has 0 aliphatic carbocycles. The van der Waals surface area contributed by atoms with E-state index in [-0.39, 0.29) is 30.6 Å². The van der Waals surface area contributed by atoms with E-state index in [1.165, 1.54) is 12.1 Å². The summed E-state index contributed by atoms with van der Waals surface area (Å²) in [6.07, 6.45) is -0.0143. The zero-order valence-electron chi connectivity index (χ0n) is 17.4. The molecule has 0 N–H and O–H groups in total. The molecule has 0 saturated carbocycles. The largest absolute Gasteiger partial charge is 0.454 e. The van der Waals surface area contributed by atoms with E-state index in [4.69, 9.17) is 9.47 Å². The predicted octanol–water partition coefficient (Wildman–Crippen LogP) is 1.44. The van der Waals surface area contributed by atoms with Crippen molar-refractivity contribution in [2.45, 2.75) is 13.0 Å². The van der Waals surface area contributed by atoms with Gasteiger partial charge >= 0.3 is 0 Å². The zero-order chi connectivity index (χ0) is 22.3. The minimum absolute atomic E-state index is 0.0143. The van der Waals surface area contributed by atoms with Gasteiger partial charge in [0.2, 0.25) is 22.7 Å². The van der Waals surface area contributed by atoms with Crippen molar-refractivity contribution in [1.82, 2.24) is 9.80 Å². The molecule has 10 heteroatoms. The van der Waals surface area contributed by atoms with E-state index >= 15 is 0 Å². The molecule has 168 valence electrons. The van der Waals surface area contributed by atoms with E-state index in [9.17, 15) is 18.0 Å². The van der Waals surface area contributed by atoms with Gasteiger partial charge in [-0.25, -0.2) is 12.7 Å². The van der Waals surface area contributed by atoms with Crippen molar-refractivity contribution < 1.29 is 27.5 Å². The van der Waals surface area contributed by atoms with Gasteiger partial charge in [0.05, 0.1) is 11.4 Å². The monoisotopic (exact) mass is 457 g/mol. The number of hydrogen-bond acceptors (Lipinski definition) is 7. The Morgan fingerprint density at radius 1 is 0.938 bits per heavy atom. The molecule has 2 aromatic rings. The summed E-state index contributed by atoms with van der Waals surface area (Å²) in [5.74, 6) is 0.811. The van der Waals surface area contributed by atoms with Gasteiger partial charge in [-0.1, -0.05) is 6.07 Å². The number of carbonyl (C=O) groups excluding carboxylic acids is 2. The lowest BCUT2D eigenvalue weighted by Gasteiger charge is -2.34. The molecular weight excluding hydrogens is 434 g/mol. The highest BCUT2D eigenvalue weighted by atomic mass is 32.2. The van der Waals surface area contributed by atoms with Gasteiger partial charge in [0.1, 0.15) is 0 Å². The molecular formula is C22H23N3O6S. The Labute approximate surface area is 186 Å². The molecule has 3 aliphatic rings. The van der Waals surface area contributed by atoms with Crippen LogP contribution < -0.4 is 13.8 Å². The number of ether oxygens (including phenoxy) is 2. The van der Waals surface area contributed by atoms with Crippen LogP contribution in [0.2, 0.25) is 0 Å². The highest BCUT2D eigenvalue weighted by Gasteiger charge is 2.36. The lowest BCUT2D eigenvalue weighted by atomic mass is 10.1. The van der Waals surface area contributed by atoms with Crippen molar-refractivity contribution in [3.05, 3.63) is 53.6 Å². The van der Waals surface area contributed by atoms with Gasteiger partial charge in [0.25, 0.3) is 5.91 Å². The Morgan fingerprint density at radius 2 is 1.66 bits per heavy atom. The first kappa shape index (κ1) is 20.8. The molecule has 2 amide bonds. The van der Waals surface area contributed by atoms with Crippen LogP contribution in [0.1, 0.15) is 22.3 Å². The van der Waals surface area contributed by atoms with E-state index in [1.807, 2.05) is 18.2 Å². The molecule has 0 atom stereocenters. The Balaban J connectivity index is 1.19. The van der Waals surface area contributed by atoms with Crippen LogP contribution in [0.5, 0.6) is 11.5 Å². The molecule has 0 radical (unpaired) electrons. The maximum absolute atomic E-state index is 12.9. The molecule has 32 heavy (non-hydrogen) atoms. The average Bonchev–Trinajstić information content (AvgIpc) is 3.37. The molecule has 0 aromatic heterocycles. The van der Waals surface area contributed by atoms with Crippen molar-refractivity contribution in [1.29, 1.82) is 0 Å². The van der Waals surface area contributed by atoms with E-state index < -0.39 is 15.9 Å². The number of piperazine rings is 1. The van der Waals surface area contributed by atoms with Crippen LogP contribution in [0.25, 0.3) is 0 Å². The summed E-state index contributed by atoms with van der Waals surface area (Å²) in [6.45, 7) is 3.72.